The first-order valence-corrected chi connectivity index (χ1v) is 9.71. The van der Waals surface area contributed by atoms with Crippen molar-refractivity contribution in [3.05, 3.63) is 46.8 Å². The minimum absolute atomic E-state index is 0.0312. The number of hydrogen-bond acceptors (Lipinski definition) is 8. The minimum Gasteiger partial charge on any atom is -0.458 e. The number of esters is 1. The number of nitrogens with zero attached hydrogens (tertiary/aromatic N) is 2. The number of anilines is 1. The summed E-state index contributed by atoms with van der Waals surface area (Å²) < 4.78 is 10.6. The van der Waals surface area contributed by atoms with E-state index in [1.165, 1.54) is 0 Å². The topological polar surface area (TPSA) is 123 Å². The lowest BCUT2D eigenvalue weighted by molar-refractivity contribution is -0.148. The number of rotatable bonds is 7. The molecule has 1 aliphatic rings. The maximum Gasteiger partial charge on any atom is 0.492 e. The fourth-order valence-corrected chi connectivity index (χ4v) is 3.30. The van der Waals surface area contributed by atoms with Gasteiger partial charge in [-0.2, -0.15) is 0 Å². The quantitative estimate of drug-likeness (QED) is 0.445. The predicted octanol–water partition coefficient (Wildman–Crippen LogP) is 0.542. The predicted molar refractivity (Wildman–Crippen MR) is 111 cm³/mol. The normalized spacial score (nSPS) is 13.7. The third kappa shape index (κ3) is 4.60. The van der Waals surface area contributed by atoms with Gasteiger partial charge in [0.15, 0.2) is 0 Å². The van der Waals surface area contributed by atoms with Gasteiger partial charge in [0.25, 0.3) is 5.91 Å². The summed E-state index contributed by atoms with van der Waals surface area (Å²) in [5.41, 5.74) is 3.01. The molecule has 1 amide bonds. The number of nitrogens with one attached hydrogen (secondary N) is 2. The third-order valence-corrected chi connectivity index (χ3v) is 5.00. The molecule has 2 heterocycles. The van der Waals surface area contributed by atoms with Gasteiger partial charge in [-0.25, -0.2) is 14.8 Å². The zero-order chi connectivity index (χ0) is 21.8. The van der Waals surface area contributed by atoms with Crippen molar-refractivity contribution in [2.24, 2.45) is 5.92 Å². The van der Waals surface area contributed by atoms with Crippen molar-refractivity contribution in [3.63, 3.8) is 0 Å². The van der Waals surface area contributed by atoms with Crippen LogP contribution >= 0.6 is 0 Å². The molecule has 0 saturated heterocycles. The van der Waals surface area contributed by atoms with Crippen molar-refractivity contribution in [1.82, 2.24) is 15.3 Å². The average Bonchev–Trinajstić information content (AvgIpc) is 3.11. The van der Waals surface area contributed by atoms with Crippen molar-refractivity contribution in [1.29, 1.82) is 0 Å². The Hall–Kier alpha value is -2.98. The summed E-state index contributed by atoms with van der Waals surface area (Å²) in [7, 11) is 0.649. The van der Waals surface area contributed by atoms with Crippen LogP contribution in [0.1, 0.15) is 41.0 Å². The summed E-state index contributed by atoms with van der Waals surface area (Å²) in [6.45, 7) is 5.67. The van der Waals surface area contributed by atoms with Crippen LogP contribution in [0, 0.1) is 12.8 Å². The number of aromatic nitrogens is 2. The first kappa shape index (κ1) is 21.7. The average molecular weight is 412 g/mol. The van der Waals surface area contributed by atoms with Gasteiger partial charge in [0, 0.05) is 18.8 Å². The summed E-state index contributed by atoms with van der Waals surface area (Å²) in [6.07, 6.45) is 1.57. The number of ether oxygens (including phenoxy) is 1. The van der Waals surface area contributed by atoms with Crippen LogP contribution in [-0.4, -0.2) is 47.1 Å². The Balaban J connectivity index is 1.70. The van der Waals surface area contributed by atoms with Crippen LogP contribution in [0.5, 0.6) is 0 Å². The van der Waals surface area contributed by atoms with Crippen LogP contribution < -0.4 is 16.1 Å². The van der Waals surface area contributed by atoms with Crippen LogP contribution in [0.25, 0.3) is 0 Å². The molecule has 0 spiro atoms. The molecule has 1 aliphatic heterocycles. The second kappa shape index (κ2) is 9.23. The molecular formula is C20H25BN4O5. The SMILES string of the molecule is CNc1nccc(COC(=O)C(NC(=O)c2ccc3c(c2C)B(O)OC3)C(C)C)n1. The summed E-state index contributed by atoms with van der Waals surface area (Å²) in [6, 6.07) is 4.24. The molecule has 3 N–H and O–H groups in total. The van der Waals surface area contributed by atoms with Crippen molar-refractivity contribution >= 4 is 30.4 Å². The van der Waals surface area contributed by atoms with Gasteiger partial charge < -0.3 is 25.0 Å². The molecule has 0 aliphatic carbocycles. The fourth-order valence-electron chi connectivity index (χ4n) is 3.30. The number of fused-ring (bicyclic) bond motifs is 1. The van der Waals surface area contributed by atoms with Crippen LogP contribution in [0.4, 0.5) is 5.95 Å². The Kier molecular flexibility index (Phi) is 6.68. The molecule has 1 unspecified atom stereocenters. The highest BCUT2D eigenvalue weighted by atomic mass is 16.5. The van der Waals surface area contributed by atoms with Gasteiger partial charge in [-0.15, -0.1) is 0 Å². The van der Waals surface area contributed by atoms with Crippen LogP contribution in [0.2, 0.25) is 0 Å². The molecule has 3 rings (SSSR count). The lowest BCUT2D eigenvalue weighted by Gasteiger charge is -2.21. The Bertz CT molecular complexity index is 953. The van der Waals surface area contributed by atoms with E-state index in [1.54, 1.807) is 38.4 Å². The van der Waals surface area contributed by atoms with E-state index in [2.05, 4.69) is 20.6 Å². The molecule has 1 atom stereocenters. The van der Waals surface area contributed by atoms with Crippen molar-refractivity contribution in [2.45, 2.75) is 40.0 Å². The van der Waals surface area contributed by atoms with E-state index in [1.807, 2.05) is 13.8 Å². The monoisotopic (exact) mass is 412 g/mol. The molecule has 0 fully saturated rings. The maximum atomic E-state index is 12.9. The molecule has 9 nitrogen and oxygen atoms in total. The molecular weight excluding hydrogens is 387 g/mol. The van der Waals surface area contributed by atoms with E-state index >= 15 is 0 Å². The van der Waals surface area contributed by atoms with E-state index in [0.717, 1.165) is 5.56 Å². The number of carbonyl (C=O) groups is 2. The van der Waals surface area contributed by atoms with E-state index in [4.69, 9.17) is 9.39 Å². The van der Waals surface area contributed by atoms with Gasteiger partial charge in [-0.3, -0.25) is 4.79 Å². The van der Waals surface area contributed by atoms with Crippen molar-refractivity contribution < 1.29 is 24.0 Å². The second-order valence-corrected chi connectivity index (χ2v) is 7.40. The zero-order valence-corrected chi connectivity index (χ0v) is 17.4. The highest BCUT2D eigenvalue weighted by molar-refractivity contribution is 6.62. The maximum absolute atomic E-state index is 12.9. The first-order valence-electron chi connectivity index (χ1n) is 9.71. The molecule has 1 aromatic heterocycles. The number of hydrogen-bond donors (Lipinski definition) is 3. The lowest BCUT2D eigenvalue weighted by Crippen LogP contribution is -2.46. The summed E-state index contributed by atoms with van der Waals surface area (Å²) in [4.78, 5) is 33.7. The number of carbonyl (C=O) groups excluding carboxylic acids is 2. The molecule has 0 saturated carbocycles. The lowest BCUT2D eigenvalue weighted by atomic mass is 9.75. The molecule has 0 bridgehead atoms. The number of amides is 1. The van der Waals surface area contributed by atoms with Crippen molar-refractivity contribution in [3.8, 4) is 0 Å². The van der Waals surface area contributed by atoms with Gasteiger partial charge in [0.2, 0.25) is 5.95 Å². The molecule has 158 valence electrons. The van der Waals surface area contributed by atoms with Crippen LogP contribution in [0.15, 0.2) is 24.4 Å². The Labute approximate surface area is 175 Å². The van der Waals surface area contributed by atoms with E-state index in [0.29, 0.717) is 34.8 Å². The third-order valence-electron chi connectivity index (χ3n) is 5.00. The van der Waals surface area contributed by atoms with E-state index in [-0.39, 0.29) is 12.5 Å². The second-order valence-electron chi connectivity index (χ2n) is 7.40. The van der Waals surface area contributed by atoms with Gasteiger partial charge in [0.1, 0.15) is 12.6 Å². The smallest absolute Gasteiger partial charge is 0.458 e. The van der Waals surface area contributed by atoms with Crippen LogP contribution in [0.3, 0.4) is 0 Å². The van der Waals surface area contributed by atoms with Gasteiger partial charge in [-0.05, 0) is 41.6 Å². The Morgan fingerprint density at radius 1 is 1.33 bits per heavy atom. The Morgan fingerprint density at radius 3 is 2.80 bits per heavy atom. The van der Waals surface area contributed by atoms with Crippen molar-refractivity contribution in [2.75, 3.05) is 12.4 Å². The number of benzene rings is 1. The minimum atomic E-state index is -1.05. The molecule has 0 radical (unpaired) electrons. The largest absolute Gasteiger partial charge is 0.492 e. The molecule has 1 aromatic carbocycles. The van der Waals surface area contributed by atoms with E-state index < -0.39 is 25.0 Å². The zero-order valence-electron chi connectivity index (χ0n) is 17.4. The molecule has 10 heteroatoms. The first-order chi connectivity index (χ1) is 14.3. The summed E-state index contributed by atoms with van der Waals surface area (Å²) in [5, 5.41) is 15.6. The Morgan fingerprint density at radius 2 is 2.10 bits per heavy atom. The summed E-state index contributed by atoms with van der Waals surface area (Å²) in [5.74, 6) is -0.728. The van der Waals surface area contributed by atoms with Gasteiger partial charge in [0.05, 0.1) is 12.3 Å². The molecule has 30 heavy (non-hydrogen) atoms. The fraction of sp³-hybridized carbons (Fsp3) is 0.400. The standard InChI is InChI=1S/C20H25BN4O5/c1-11(2)17(19(27)29-10-14-7-8-23-20(22-4)24-14)25-18(26)15-6-5-13-9-30-21(28)16(13)12(15)3/h5-8,11,17,28H,9-10H2,1-4H3,(H,25,26)(H,22,23,24). The summed E-state index contributed by atoms with van der Waals surface area (Å²) >= 11 is 0. The van der Waals surface area contributed by atoms with Crippen LogP contribution in [-0.2, 0) is 27.4 Å². The van der Waals surface area contributed by atoms with Gasteiger partial charge in [-0.1, -0.05) is 19.9 Å². The van der Waals surface area contributed by atoms with Gasteiger partial charge >= 0.3 is 13.1 Å². The highest BCUT2D eigenvalue weighted by Crippen LogP contribution is 2.17. The molecule has 2 aromatic rings. The highest BCUT2D eigenvalue weighted by Gasteiger charge is 2.32. The van der Waals surface area contributed by atoms with E-state index in [9.17, 15) is 14.6 Å².